The highest BCUT2D eigenvalue weighted by Gasteiger charge is 1.70. The molecule has 0 bridgehead atoms. The van der Waals surface area contributed by atoms with E-state index in [2.05, 4.69) is 11.6 Å². The van der Waals surface area contributed by atoms with Crippen molar-refractivity contribution >= 4 is 17.8 Å². The first-order valence-corrected chi connectivity index (χ1v) is 2.58. The van der Waals surface area contributed by atoms with Crippen LogP contribution in [0.15, 0.2) is 28.8 Å². The largest absolute Gasteiger partial charge is 0.297 e. The molecule has 0 saturated heterocycles. The maximum atomic E-state index is 5.37. The third kappa shape index (κ3) is 5.44. The van der Waals surface area contributed by atoms with Crippen LogP contribution < -0.4 is 0 Å². The fraction of sp³-hybridized carbons (Fsp3) is 0.167. The van der Waals surface area contributed by atoms with E-state index in [9.17, 15) is 0 Å². The highest BCUT2D eigenvalue weighted by Crippen LogP contribution is 1.95. The summed E-state index contributed by atoms with van der Waals surface area (Å²) < 4.78 is 0. The van der Waals surface area contributed by atoms with Gasteiger partial charge in [0.25, 0.3) is 0 Å². The van der Waals surface area contributed by atoms with Crippen LogP contribution in [0.3, 0.4) is 0 Å². The lowest BCUT2D eigenvalue weighted by Gasteiger charge is -1.75. The first-order chi connectivity index (χ1) is 3.77. The Kier molecular flexibility index (Phi) is 4.27. The van der Waals surface area contributed by atoms with Gasteiger partial charge in [-0.05, 0) is 12.2 Å². The van der Waals surface area contributed by atoms with E-state index in [-0.39, 0.29) is 0 Å². The average Bonchev–Trinajstić information content (AvgIpc) is 1.66. The molecule has 8 heavy (non-hydrogen) atoms. The van der Waals surface area contributed by atoms with Gasteiger partial charge in [0, 0.05) is 18.3 Å². The van der Waals surface area contributed by atoms with Gasteiger partial charge in [0.05, 0.1) is 0 Å². The molecule has 0 atom stereocenters. The molecule has 0 radical (unpaired) electrons. The third-order valence-electron chi connectivity index (χ3n) is 0.512. The van der Waals surface area contributed by atoms with Crippen molar-refractivity contribution in [1.29, 1.82) is 0 Å². The minimum absolute atomic E-state index is 0.518. The second kappa shape index (κ2) is 4.60. The normalized spacial score (nSPS) is 11.2. The van der Waals surface area contributed by atoms with Gasteiger partial charge in [-0.15, -0.1) is 0 Å². The number of hydrogen-bond donors (Lipinski definition) is 0. The van der Waals surface area contributed by atoms with Gasteiger partial charge < -0.3 is 0 Å². The summed E-state index contributed by atoms with van der Waals surface area (Å²) in [5, 5.41) is 0.518. The van der Waals surface area contributed by atoms with Crippen LogP contribution in [-0.4, -0.2) is 13.3 Å². The molecule has 0 rings (SSSR count). The van der Waals surface area contributed by atoms with E-state index in [4.69, 9.17) is 11.6 Å². The summed E-state index contributed by atoms with van der Waals surface area (Å²) >= 11 is 5.37. The quantitative estimate of drug-likeness (QED) is 0.400. The molecule has 0 aliphatic carbocycles. The van der Waals surface area contributed by atoms with Crippen molar-refractivity contribution in [3.8, 4) is 0 Å². The summed E-state index contributed by atoms with van der Waals surface area (Å²) in [6.45, 7) is 3.44. The standard InChI is InChI=1S/C6H8ClN/c1-6(7)4-3-5-8-2/h3-5H,1H2,2H3/b4-3-,8-5?. The van der Waals surface area contributed by atoms with Gasteiger partial charge in [0.1, 0.15) is 0 Å². The molecule has 0 spiro atoms. The van der Waals surface area contributed by atoms with Crippen molar-refractivity contribution in [3.63, 3.8) is 0 Å². The number of halogens is 1. The number of hydrogen-bond acceptors (Lipinski definition) is 1. The maximum Gasteiger partial charge on any atom is 0.0334 e. The van der Waals surface area contributed by atoms with Crippen LogP contribution in [0.2, 0.25) is 0 Å². The van der Waals surface area contributed by atoms with Gasteiger partial charge in [-0.25, -0.2) is 0 Å². The monoisotopic (exact) mass is 129 g/mol. The number of nitrogens with zero attached hydrogens (tertiary/aromatic N) is 1. The lowest BCUT2D eigenvalue weighted by molar-refractivity contribution is 1.48. The van der Waals surface area contributed by atoms with Crippen molar-refractivity contribution < 1.29 is 0 Å². The Morgan fingerprint density at radius 2 is 2.38 bits per heavy atom. The fourth-order valence-electron chi connectivity index (χ4n) is 0.234. The van der Waals surface area contributed by atoms with Crippen molar-refractivity contribution in [2.45, 2.75) is 0 Å². The molecule has 44 valence electrons. The zero-order chi connectivity index (χ0) is 6.41. The van der Waals surface area contributed by atoms with Gasteiger partial charge in [0.15, 0.2) is 0 Å². The molecule has 0 unspecified atom stereocenters. The fourth-order valence-corrected chi connectivity index (χ4v) is 0.306. The van der Waals surface area contributed by atoms with Gasteiger partial charge in [-0.3, -0.25) is 4.99 Å². The Labute approximate surface area is 54.4 Å². The van der Waals surface area contributed by atoms with Crippen LogP contribution in [0.5, 0.6) is 0 Å². The predicted molar refractivity (Wildman–Crippen MR) is 38.5 cm³/mol. The third-order valence-corrected chi connectivity index (χ3v) is 0.638. The van der Waals surface area contributed by atoms with E-state index in [1.165, 1.54) is 0 Å². The Hall–Kier alpha value is -0.560. The summed E-state index contributed by atoms with van der Waals surface area (Å²) in [6.07, 6.45) is 5.05. The summed E-state index contributed by atoms with van der Waals surface area (Å²) in [7, 11) is 1.70. The molecule has 0 aromatic rings. The Bertz CT molecular complexity index is 124. The first kappa shape index (κ1) is 7.44. The molecule has 0 heterocycles. The number of aliphatic imine (C=N–C) groups is 1. The van der Waals surface area contributed by atoms with Crippen LogP contribution >= 0.6 is 11.6 Å². The Balaban J connectivity index is 3.50. The number of rotatable bonds is 2. The Morgan fingerprint density at radius 1 is 1.75 bits per heavy atom. The molecule has 0 aliphatic heterocycles. The molecular formula is C6H8ClN. The topological polar surface area (TPSA) is 12.4 Å². The minimum Gasteiger partial charge on any atom is -0.297 e. The van der Waals surface area contributed by atoms with Crippen LogP contribution in [0.4, 0.5) is 0 Å². The lowest BCUT2D eigenvalue weighted by atomic mass is 10.5. The molecule has 0 aromatic heterocycles. The van der Waals surface area contributed by atoms with Gasteiger partial charge >= 0.3 is 0 Å². The molecule has 0 aliphatic rings. The predicted octanol–water partition coefficient (Wildman–Crippen LogP) is 2.00. The second-order valence-electron chi connectivity index (χ2n) is 1.21. The highest BCUT2D eigenvalue weighted by atomic mass is 35.5. The summed E-state index contributed by atoms with van der Waals surface area (Å²) in [5.41, 5.74) is 0. The van der Waals surface area contributed by atoms with E-state index in [0.29, 0.717) is 5.03 Å². The van der Waals surface area contributed by atoms with Crippen molar-refractivity contribution in [2.75, 3.05) is 7.05 Å². The molecule has 0 saturated carbocycles. The van der Waals surface area contributed by atoms with E-state index < -0.39 is 0 Å². The first-order valence-electron chi connectivity index (χ1n) is 2.20. The van der Waals surface area contributed by atoms with Crippen LogP contribution in [0.25, 0.3) is 0 Å². The van der Waals surface area contributed by atoms with Gasteiger partial charge in [0.2, 0.25) is 0 Å². The molecule has 0 aromatic carbocycles. The summed E-state index contributed by atoms with van der Waals surface area (Å²) in [6, 6.07) is 0. The van der Waals surface area contributed by atoms with E-state index in [1.807, 2.05) is 0 Å². The van der Waals surface area contributed by atoms with Gasteiger partial charge in [-0.2, -0.15) is 0 Å². The number of allylic oxidation sites excluding steroid dienone is 3. The molecule has 0 amide bonds. The van der Waals surface area contributed by atoms with Crippen molar-refractivity contribution in [2.24, 2.45) is 4.99 Å². The highest BCUT2D eigenvalue weighted by molar-refractivity contribution is 6.30. The SMILES string of the molecule is C=C(Cl)/C=C\C=NC. The maximum absolute atomic E-state index is 5.37. The summed E-state index contributed by atoms with van der Waals surface area (Å²) in [5.74, 6) is 0. The van der Waals surface area contributed by atoms with Crippen LogP contribution in [-0.2, 0) is 0 Å². The second-order valence-corrected chi connectivity index (χ2v) is 1.70. The zero-order valence-electron chi connectivity index (χ0n) is 4.76. The minimum atomic E-state index is 0.518. The van der Waals surface area contributed by atoms with E-state index in [1.54, 1.807) is 25.4 Å². The van der Waals surface area contributed by atoms with Crippen molar-refractivity contribution in [3.05, 3.63) is 23.8 Å². The van der Waals surface area contributed by atoms with Crippen molar-refractivity contribution in [1.82, 2.24) is 0 Å². The molecular weight excluding hydrogens is 122 g/mol. The molecule has 2 heteroatoms. The smallest absolute Gasteiger partial charge is 0.0334 e. The molecule has 1 nitrogen and oxygen atoms in total. The van der Waals surface area contributed by atoms with E-state index >= 15 is 0 Å². The summed E-state index contributed by atoms with van der Waals surface area (Å²) in [4.78, 5) is 3.70. The average molecular weight is 130 g/mol. The molecule has 0 fully saturated rings. The van der Waals surface area contributed by atoms with Gasteiger partial charge in [-0.1, -0.05) is 18.2 Å². The van der Waals surface area contributed by atoms with Crippen LogP contribution in [0.1, 0.15) is 0 Å². The molecule has 0 N–H and O–H groups in total. The Morgan fingerprint density at radius 3 is 2.75 bits per heavy atom. The van der Waals surface area contributed by atoms with E-state index in [0.717, 1.165) is 0 Å². The zero-order valence-corrected chi connectivity index (χ0v) is 5.52. The van der Waals surface area contributed by atoms with Crippen LogP contribution in [0, 0.1) is 0 Å². The lowest BCUT2D eigenvalue weighted by Crippen LogP contribution is -1.61.